The molecule has 1 rings (SSSR count). The summed E-state index contributed by atoms with van der Waals surface area (Å²) in [5.41, 5.74) is 0. The lowest BCUT2D eigenvalue weighted by molar-refractivity contribution is -0.240. The lowest BCUT2D eigenvalue weighted by Gasteiger charge is -2.27. The molecule has 0 amide bonds. The molecule has 1 aliphatic heterocycles. The van der Waals surface area contributed by atoms with Crippen molar-refractivity contribution >= 4 is 0 Å². The van der Waals surface area contributed by atoms with Gasteiger partial charge in [0.25, 0.3) is 0 Å². The number of hydrogen-bond acceptors (Lipinski definition) is 2. The van der Waals surface area contributed by atoms with Gasteiger partial charge in [-0.25, -0.2) is 0 Å². The van der Waals surface area contributed by atoms with Gasteiger partial charge in [0.15, 0.2) is 6.10 Å². The van der Waals surface area contributed by atoms with Crippen LogP contribution in [0.15, 0.2) is 0 Å². The fraction of sp³-hybridized carbons (Fsp3) is 1.00. The van der Waals surface area contributed by atoms with Crippen molar-refractivity contribution in [3.63, 3.8) is 0 Å². The van der Waals surface area contributed by atoms with Gasteiger partial charge in [0, 0.05) is 13.0 Å². The first-order chi connectivity index (χ1) is 5.00. The van der Waals surface area contributed by atoms with Gasteiger partial charge in [-0.15, -0.1) is 0 Å². The summed E-state index contributed by atoms with van der Waals surface area (Å²) in [5, 5.41) is 8.86. The molecule has 0 radical (unpaired) electrons. The highest BCUT2D eigenvalue weighted by molar-refractivity contribution is 4.76. The van der Waals surface area contributed by atoms with E-state index in [-0.39, 0.29) is 13.0 Å². The highest BCUT2D eigenvalue weighted by atomic mass is 19.4. The van der Waals surface area contributed by atoms with Crippen LogP contribution < -0.4 is 0 Å². The number of halogens is 3. The van der Waals surface area contributed by atoms with Crippen LogP contribution in [0.4, 0.5) is 13.2 Å². The van der Waals surface area contributed by atoms with Crippen LogP contribution in [-0.2, 0) is 4.74 Å². The summed E-state index contributed by atoms with van der Waals surface area (Å²) in [6, 6.07) is 0. The molecule has 1 fully saturated rings. The molecule has 5 heteroatoms. The van der Waals surface area contributed by atoms with Gasteiger partial charge in [-0.1, -0.05) is 0 Å². The Hall–Kier alpha value is -0.290. The second-order valence-corrected chi connectivity index (χ2v) is 2.58. The van der Waals surface area contributed by atoms with Crippen molar-refractivity contribution in [2.45, 2.75) is 31.2 Å². The summed E-state index contributed by atoms with van der Waals surface area (Å²) >= 11 is 0. The van der Waals surface area contributed by atoms with E-state index in [1.165, 1.54) is 0 Å². The maximum Gasteiger partial charge on any atom is 0.414 e. The molecule has 11 heavy (non-hydrogen) atoms. The van der Waals surface area contributed by atoms with Crippen LogP contribution in [0, 0.1) is 0 Å². The van der Waals surface area contributed by atoms with Gasteiger partial charge >= 0.3 is 6.18 Å². The Balaban J connectivity index is 2.46. The molecule has 2 atom stereocenters. The first-order valence-corrected chi connectivity index (χ1v) is 3.36. The van der Waals surface area contributed by atoms with Crippen molar-refractivity contribution in [1.82, 2.24) is 0 Å². The van der Waals surface area contributed by atoms with E-state index in [4.69, 9.17) is 5.11 Å². The Bertz CT molecular complexity index is 134. The molecule has 1 aliphatic rings. The molecule has 66 valence electrons. The summed E-state index contributed by atoms with van der Waals surface area (Å²) in [6.07, 6.45) is -7.00. The minimum absolute atomic E-state index is 0.00859. The van der Waals surface area contributed by atoms with Gasteiger partial charge < -0.3 is 9.84 Å². The quantitative estimate of drug-likeness (QED) is 0.589. The summed E-state index contributed by atoms with van der Waals surface area (Å²) in [4.78, 5) is 0. The van der Waals surface area contributed by atoms with E-state index in [1.54, 1.807) is 0 Å². The first kappa shape index (κ1) is 8.80. The van der Waals surface area contributed by atoms with Gasteiger partial charge in [0.2, 0.25) is 0 Å². The standard InChI is InChI=1S/C6H9F3O2/c7-6(8,9)5-3-4(10)1-2-11-5/h4-5,10H,1-3H2. The zero-order chi connectivity index (χ0) is 8.48. The van der Waals surface area contributed by atoms with E-state index in [1.807, 2.05) is 0 Å². The molecule has 0 saturated carbocycles. The second kappa shape index (κ2) is 2.98. The Morgan fingerprint density at radius 1 is 1.36 bits per heavy atom. The molecule has 1 heterocycles. The van der Waals surface area contributed by atoms with Crippen LogP contribution in [-0.4, -0.2) is 30.1 Å². The van der Waals surface area contributed by atoms with E-state index in [0.717, 1.165) is 0 Å². The maximum atomic E-state index is 11.9. The maximum absolute atomic E-state index is 11.9. The monoisotopic (exact) mass is 170 g/mol. The number of rotatable bonds is 0. The van der Waals surface area contributed by atoms with E-state index < -0.39 is 18.4 Å². The molecule has 0 spiro atoms. The van der Waals surface area contributed by atoms with Crippen molar-refractivity contribution in [2.24, 2.45) is 0 Å². The smallest absolute Gasteiger partial charge is 0.393 e. The lowest BCUT2D eigenvalue weighted by Crippen LogP contribution is -2.39. The Labute approximate surface area is 62.0 Å². The van der Waals surface area contributed by atoms with Crippen LogP contribution in [0.2, 0.25) is 0 Å². The predicted molar refractivity (Wildman–Crippen MR) is 31.0 cm³/mol. The van der Waals surface area contributed by atoms with Crippen LogP contribution >= 0.6 is 0 Å². The van der Waals surface area contributed by atoms with Crippen LogP contribution in [0.25, 0.3) is 0 Å². The molecule has 2 nitrogen and oxygen atoms in total. The molecule has 0 aromatic carbocycles. The molecule has 0 bridgehead atoms. The summed E-state index contributed by atoms with van der Waals surface area (Å²) in [7, 11) is 0. The normalized spacial score (nSPS) is 33.8. The highest BCUT2D eigenvalue weighted by Crippen LogP contribution is 2.29. The van der Waals surface area contributed by atoms with Crippen LogP contribution in [0.3, 0.4) is 0 Å². The summed E-state index contributed by atoms with van der Waals surface area (Å²) in [6.45, 7) is -0.00859. The van der Waals surface area contributed by atoms with Gasteiger partial charge in [0.05, 0.1) is 6.10 Å². The first-order valence-electron chi connectivity index (χ1n) is 3.36. The zero-order valence-electron chi connectivity index (χ0n) is 5.77. The average Bonchev–Trinajstić information content (AvgIpc) is 1.86. The lowest BCUT2D eigenvalue weighted by atomic mass is 10.1. The molecule has 1 N–H and O–H groups in total. The number of ether oxygens (including phenoxy) is 1. The van der Waals surface area contributed by atoms with Gasteiger partial charge in [-0.05, 0) is 6.42 Å². The fourth-order valence-electron chi connectivity index (χ4n) is 1.01. The van der Waals surface area contributed by atoms with Gasteiger partial charge in [0.1, 0.15) is 0 Å². The molecule has 2 unspecified atom stereocenters. The number of aliphatic hydroxyl groups is 1. The Kier molecular flexibility index (Phi) is 2.39. The van der Waals surface area contributed by atoms with Crippen molar-refractivity contribution in [3.8, 4) is 0 Å². The summed E-state index contributed by atoms with van der Waals surface area (Å²) in [5.74, 6) is 0. The van der Waals surface area contributed by atoms with Crippen LogP contribution in [0.5, 0.6) is 0 Å². The molecule has 0 aliphatic carbocycles. The highest BCUT2D eigenvalue weighted by Gasteiger charge is 2.43. The van der Waals surface area contributed by atoms with Crippen molar-refractivity contribution in [3.05, 3.63) is 0 Å². The number of hydrogen-bond donors (Lipinski definition) is 1. The number of alkyl halides is 3. The molecular weight excluding hydrogens is 161 g/mol. The van der Waals surface area contributed by atoms with E-state index in [9.17, 15) is 13.2 Å². The third kappa shape index (κ3) is 2.34. The van der Waals surface area contributed by atoms with Crippen molar-refractivity contribution in [2.75, 3.05) is 6.61 Å². The van der Waals surface area contributed by atoms with Crippen molar-refractivity contribution in [1.29, 1.82) is 0 Å². The fourth-order valence-corrected chi connectivity index (χ4v) is 1.01. The average molecular weight is 170 g/mol. The third-order valence-electron chi connectivity index (χ3n) is 1.62. The molecular formula is C6H9F3O2. The predicted octanol–water partition coefficient (Wildman–Crippen LogP) is 1.09. The van der Waals surface area contributed by atoms with Crippen molar-refractivity contribution < 1.29 is 23.0 Å². The number of aliphatic hydroxyl groups excluding tert-OH is 1. The minimum Gasteiger partial charge on any atom is -0.393 e. The Morgan fingerprint density at radius 3 is 2.36 bits per heavy atom. The largest absolute Gasteiger partial charge is 0.414 e. The molecule has 0 aromatic heterocycles. The summed E-state index contributed by atoms with van der Waals surface area (Å²) < 4.78 is 40.1. The van der Waals surface area contributed by atoms with E-state index in [2.05, 4.69) is 4.74 Å². The van der Waals surface area contributed by atoms with Gasteiger partial charge in [-0.2, -0.15) is 13.2 Å². The molecule has 0 aromatic rings. The van der Waals surface area contributed by atoms with Crippen LogP contribution in [0.1, 0.15) is 12.8 Å². The Morgan fingerprint density at radius 2 is 2.00 bits per heavy atom. The topological polar surface area (TPSA) is 29.5 Å². The van der Waals surface area contributed by atoms with E-state index in [0.29, 0.717) is 6.42 Å². The molecule has 1 saturated heterocycles. The van der Waals surface area contributed by atoms with Gasteiger partial charge in [-0.3, -0.25) is 0 Å². The van der Waals surface area contributed by atoms with E-state index >= 15 is 0 Å². The minimum atomic E-state index is -4.33. The SMILES string of the molecule is OC1CCOC(C(F)(F)F)C1. The second-order valence-electron chi connectivity index (χ2n) is 2.58. The zero-order valence-corrected chi connectivity index (χ0v) is 5.77. The third-order valence-corrected chi connectivity index (χ3v) is 1.62.